The van der Waals surface area contributed by atoms with Crippen LogP contribution in [0.3, 0.4) is 0 Å². The normalized spacial score (nSPS) is 13.9. The van der Waals surface area contributed by atoms with Crippen molar-refractivity contribution in [3.63, 3.8) is 0 Å². The van der Waals surface area contributed by atoms with E-state index in [0.29, 0.717) is 5.58 Å². The van der Waals surface area contributed by atoms with Gasteiger partial charge in [0.25, 0.3) is 0 Å². The summed E-state index contributed by atoms with van der Waals surface area (Å²) in [5.74, 6) is -3.14. The predicted octanol–water partition coefficient (Wildman–Crippen LogP) is 4.40. The van der Waals surface area contributed by atoms with E-state index in [4.69, 9.17) is 10.2 Å². The Morgan fingerprint density at radius 2 is 1.88 bits per heavy atom. The number of halogens is 2. The zero-order valence-corrected chi connectivity index (χ0v) is 12.9. The van der Waals surface area contributed by atoms with E-state index in [0.717, 1.165) is 42.7 Å². The number of fused-ring (bicyclic) bond motifs is 3. The molecule has 0 spiro atoms. The number of carbonyl (C=O) groups excluding carboxylic acids is 1. The standard InChI is InChI=1S/C19H15F2NO2/c20-13-7-3-6-12(16(13)21)18(23)19-17(22)15-11-5-2-1-4-10(11)8-9-14(15)24-19/h3,6-9H,1-2,4-5,22H2. The topological polar surface area (TPSA) is 56.2 Å². The summed E-state index contributed by atoms with van der Waals surface area (Å²) in [7, 11) is 0. The van der Waals surface area contributed by atoms with Crippen LogP contribution < -0.4 is 5.73 Å². The van der Waals surface area contributed by atoms with Crippen molar-refractivity contribution in [2.45, 2.75) is 25.7 Å². The van der Waals surface area contributed by atoms with Crippen LogP contribution in [0.25, 0.3) is 11.0 Å². The van der Waals surface area contributed by atoms with E-state index in [-0.39, 0.29) is 17.0 Å². The minimum atomic E-state index is -1.19. The highest BCUT2D eigenvalue weighted by Gasteiger charge is 2.26. The molecule has 5 heteroatoms. The summed E-state index contributed by atoms with van der Waals surface area (Å²) in [6.07, 6.45) is 4.02. The molecule has 4 rings (SSSR count). The van der Waals surface area contributed by atoms with Crippen LogP contribution in [0, 0.1) is 11.6 Å². The molecule has 0 saturated carbocycles. The molecule has 2 N–H and O–H groups in total. The number of furan rings is 1. The van der Waals surface area contributed by atoms with Crippen LogP contribution in [-0.4, -0.2) is 5.78 Å². The summed E-state index contributed by atoms with van der Waals surface area (Å²) in [6.45, 7) is 0. The number of nitrogen functional groups attached to an aromatic ring is 1. The van der Waals surface area contributed by atoms with Gasteiger partial charge < -0.3 is 10.2 Å². The first-order chi connectivity index (χ1) is 11.6. The van der Waals surface area contributed by atoms with Gasteiger partial charge in [-0.3, -0.25) is 4.79 Å². The fourth-order valence-corrected chi connectivity index (χ4v) is 3.44. The molecule has 1 heterocycles. The van der Waals surface area contributed by atoms with Crippen molar-refractivity contribution in [3.05, 3.63) is 64.4 Å². The highest BCUT2D eigenvalue weighted by atomic mass is 19.2. The monoisotopic (exact) mass is 327 g/mol. The van der Waals surface area contributed by atoms with E-state index in [1.54, 1.807) is 6.07 Å². The molecule has 0 bridgehead atoms. The number of hydrogen-bond acceptors (Lipinski definition) is 3. The summed E-state index contributed by atoms with van der Waals surface area (Å²) in [5, 5.41) is 0.729. The molecule has 3 aromatic rings. The summed E-state index contributed by atoms with van der Waals surface area (Å²) >= 11 is 0. The fourth-order valence-electron chi connectivity index (χ4n) is 3.44. The van der Waals surface area contributed by atoms with Gasteiger partial charge in [-0.15, -0.1) is 0 Å². The highest BCUT2D eigenvalue weighted by molar-refractivity contribution is 6.15. The molecule has 3 nitrogen and oxygen atoms in total. The first-order valence-electron chi connectivity index (χ1n) is 7.89. The van der Waals surface area contributed by atoms with E-state index in [1.165, 1.54) is 17.7 Å². The van der Waals surface area contributed by atoms with Gasteiger partial charge in [0.05, 0.1) is 11.3 Å². The van der Waals surface area contributed by atoms with E-state index in [2.05, 4.69) is 0 Å². The van der Waals surface area contributed by atoms with Gasteiger partial charge in [0.1, 0.15) is 5.58 Å². The SMILES string of the molecule is Nc1c(C(=O)c2cccc(F)c2F)oc2ccc3c(c12)CCCC3. The Kier molecular flexibility index (Phi) is 3.37. The molecule has 0 fully saturated rings. The summed E-state index contributed by atoms with van der Waals surface area (Å²) in [4.78, 5) is 12.6. The van der Waals surface area contributed by atoms with E-state index >= 15 is 0 Å². The number of carbonyl (C=O) groups is 1. The minimum absolute atomic E-state index is 0.131. The largest absolute Gasteiger partial charge is 0.450 e. The maximum atomic E-state index is 13.9. The Morgan fingerprint density at radius 3 is 2.71 bits per heavy atom. The van der Waals surface area contributed by atoms with Gasteiger partial charge in [-0.05, 0) is 55.0 Å². The van der Waals surface area contributed by atoms with Crippen LogP contribution in [0.1, 0.15) is 40.1 Å². The Balaban J connectivity index is 1.90. The van der Waals surface area contributed by atoms with Gasteiger partial charge in [0.15, 0.2) is 17.4 Å². The number of aryl methyl sites for hydroxylation is 2. The molecular formula is C19H15F2NO2. The van der Waals surface area contributed by atoms with Crippen LogP contribution in [0.4, 0.5) is 14.5 Å². The molecule has 122 valence electrons. The van der Waals surface area contributed by atoms with E-state index < -0.39 is 17.4 Å². The Bertz CT molecular complexity index is 975. The number of benzene rings is 2. The zero-order valence-electron chi connectivity index (χ0n) is 12.9. The van der Waals surface area contributed by atoms with Crippen LogP contribution in [-0.2, 0) is 12.8 Å². The second-order valence-electron chi connectivity index (χ2n) is 6.06. The molecule has 0 unspecified atom stereocenters. The first kappa shape index (κ1) is 14.9. The molecule has 0 aliphatic heterocycles. The maximum absolute atomic E-state index is 13.9. The van der Waals surface area contributed by atoms with Crippen LogP contribution in [0.15, 0.2) is 34.7 Å². The van der Waals surface area contributed by atoms with E-state index in [1.807, 2.05) is 6.07 Å². The highest BCUT2D eigenvalue weighted by Crippen LogP contribution is 2.37. The van der Waals surface area contributed by atoms with Crippen molar-refractivity contribution in [1.82, 2.24) is 0 Å². The number of rotatable bonds is 2. The second-order valence-corrected chi connectivity index (χ2v) is 6.06. The number of hydrogen-bond donors (Lipinski definition) is 1. The molecule has 0 saturated heterocycles. The third kappa shape index (κ3) is 2.12. The molecule has 0 atom stereocenters. The van der Waals surface area contributed by atoms with Crippen LogP contribution in [0.5, 0.6) is 0 Å². The lowest BCUT2D eigenvalue weighted by atomic mass is 9.89. The van der Waals surface area contributed by atoms with Crippen LogP contribution >= 0.6 is 0 Å². The third-order valence-corrected chi connectivity index (χ3v) is 4.62. The molecular weight excluding hydrogens is 312 g/mol. The van der Waals surface area contributed by atoms with Gasteiger partial charge in [0.2, 0.25) is 5.78 Å². The molecule has 0 radical (unpaired) electrons. The van der Waals surface area contributed by atoms with Gasteiger partial charge in [-0.2, -0.15) is 0 Å². The molecule has 1 aromatic heterocycles. The lowest BCUT2D eigenvalue weighted by Crippen LogP contribution is -2.07. The fraction of sp³-hybridized carbons (Fsp3) is 0.211. The summed E-state index contributed by atoms with van der Waals surface area (Å²) in [6, 6.07) is 7.24. The van der Waals surface area contributed by atoms with Gasteiger partial charge in [0, 0.05) is 5.39 Å². The summed E-state index contributed by atoms with van der Waals surface area (Å²) < 4.78 is 32.9. The quantitative estimate of drug-likeness (QED) is 0.710. The number of nitrogens with two attached hydrogens (primary N) is 1. The third-order valence-electron chi connectivity index (χ3n) is 4.62. The van der Waals surface area contributed by atoms with Gasteiger partial charge in [-0.25, -0.2) is 8.78 Å². The van der Waals surface area contributed by atoms with Crippen molar-refractivity contribution in [2.24, 2.45) is 0 Å². The van der Waals surface area contributed by atoms with Crippen molar-refractivity contribution in [2.75, 3.05) is 5.73 Å². The molecule has 1 aliphatic rings. The first-order valence-corrected chi connectivity index (χ1v) is 7.89. The average molecular weight is 327 g/mol. The average Bonchev–Trinajstić information content (AvgIpc) is 2.94. The number of ketones is 1. The Morgan fingerprint density at radius 1 is 1.08 bits per heavy atom. The van der Waals surface area contributed by atoms with Crippen molar-refractivity contribution < 1.29 is 18.0 Å². The minimum Gasteiger partial charge on any atom is -0.450 e. The summed E-state index contributed by atoms with van der Waals surface area (Å²) in [5.41, 5.74) is 8.79. The van der Waals surface area contributed by atoms with Crippen molar-refractivity contribution in [3.8, 4) is 0 Å². The van der Waals surface area contributed by atoms with Gasteiger partial charge in [-0.1, -0.05) is 12.1 Å². The lowest BCUT2D eigenvalue weighted by molar-refractivity contribution is 0.101. The molecule has 0 amide bonds. The van der Waals surface area contributed by atoms with E-state index in [9.17, 15) is 13.6 Å². The zero-order chi connectivity index (χ0) is 16.8. The van der Waals surface area contributed by atoms with Crippen molar-refractivity contribution in [1.29, 1.82) is 0 Å². The number of anilines is 1. The van der Waals surface area contributed by atoms with Gasteiger partial charge >= 0.3 is 0 Å². The predicted molar refractivity (Wildman–Crippen MR) is 87.1 cm³/mol. The van der Waals surface area contributed by atoms with Crippen molar-refractivity contribution >= 4 is 22.4 Å². The van der Waals surface area contributed by atoms with Crippen LogP contribution in [0.2, 0.25) is 0 Å². The molecule has 2 aromatic carbocycles. The lowest BCUT2D eigenvalue weighted by Gasteiger charge is -2.16. The smallest absolute Gasteiger partial charge is 0.233 e. The maximum Gasteiger partial charge on any atom is 0.233 e. The second kappa shape index (κ2) is 5.44. The Hall–Kier alpha value is -2.69. The molecule has 24 heavy (non-hydrogen) atoms. The Labute approximate surface area is 137 Å². The molecule has 1 aliphatic carbocycles.